The van der Waals surface area contributed by atoms with Crippen LogP contribution in [0.15, 0.2) is 30.6 Å². The van der Waals surface area contributed by atoms with Crippen molar-refractivity contribution in [3.63, 3.8) is 0 Å². The molecule has 0 saturated heterocycles. The Labute approximate surface area is 96.9 Å². The fraction of sp³-hybridized carbons (Fsp3) is 0.0909. The van der Waals surface area contributed by atoms with E-state index < -0.39 is 5.82 Å². The highest BCUT2D eigenvalue weighted by Gasteiger charge is 2.08. The largest absolute Gasteiger partial charge is 0.496 e. The van der Waals surface area contributed by atoms with Gasteiger partial charge in [0.15, 0.2) is 11.6 Å². The lowest BCUT2D eigenvalue weighted by molar-refractivity contribution is 0.416. The monoisotopic (exact) mass is 238 g/mol. The molecule has 16 heavy (non-hydrogen) atoms. The zero-order chi connectivity index (χ0) is 11.5. The van der Waals surface area contributed by atoms with Crippen molar-refractivity contribution in [3.05, 3.63) is 41.4 Å². The van der Waals surface area contributed by atoms with Crippen molar-refractivity contribution in [1.82, 2.24) is 9.97 Å². The second-order valence-electron chi connectivity index (χ2n) is 3.07. The van der Waals surface area contributed by atoms with Gasteiger partial charge in [0.25, 0.3) is 0 Å². The second kappa shape index (κ2) is 4.45. The molecule has 5 heteroatoms. The Hall–Kier alpha value is -1.68. The molecule has 3 nitrogen and oxygen atoms in total. The van der Waals surface area contributed by atoms with Gasteiger partial charge in [0.1, 0.15) is 5.75 Å². The van der Waals surface area contributed by atoms with E-state index in [9.17, 15) is 4.39 Å². The lowest BCUT2D eigenvalue weighted by atomic mass is 10.2. The SMILES string of the molecule is COc1cc(Cl)ccc1-c1ncc(F)cn1. The van der Waals surface area contributed by atoms with E-state index in [0.717, 1.165) is 12.4 Å². The maximum Gasteiger partial charge on any atom is 0.163 e. The van der Waals surface area contributed by atoms with Crippen LogP contribution in [0.3, 0.4) is 0 Å². The van der Waals surface area contributed by atoms with Crippen LogP contribution in [-0.4, -0.2) is 17.1 Å². The van der Waals surface area contributed by atoms with Gasteiger partial charge in [0.05, 0.1) is 25.1 Å². The topological polar surface area (TPSA) is 35.0 Å². The summed E-state index contributed by atoms with van der Waals surface area (Å²) in [5.74, 6) is 0.478. The molecule has 2 aromatic rings. The number of hydrogen-bond donors (Lipinski definition) is 0. The predicted molar refractivity (Wildman–Crippen MR) is 59.0 cm³/mol. The van der Waals surface area contributed by atoms with Crippen molar-refractivity contribution in [2.24, 2.45) is 0 Å². The Kier molecular flexibility index (Phi) is 3.01. The van der Waals surface area contributed by atoms with Crippen LogP contribution < -0.4 is 4.74 Å². The van der Waals surface area contributed by atoms with E-state index in [1.165, 1.54) is 7.11 Å². The summed E-state index contributed by atoms with van der Waals surface area (Å²) in [6, 6.07) is 5.09. The van der Waals surface area contributed by atoms with Gasteiger partial charge < -0.3 is 4.74 Å². The van der Waals surface area contributed by atoms with Crippen LogP contribution in [0.4, 0.5) is 4.39 Å². The molecule has 2 rings (SSSR count). The Balaban J connectivity index is 2.51. The fourth-order valence-corrected chi connectivity index (χ4v) is 1.46. The van der Waals surface area contributed by atoms with Gasteiger partial charge in [0.2, 0.25) is 0 Å². The summed E-state index contributed by atoms with van der Waals surface area (Å²) in [6.07, 6.45) is 2.22. The molecule has 82 valence electrons. The van der Waals surface area contributed by atoms with Crippen LogP contribution >= 0.6 is 11.6 Å². The number of benzene rings is 1. The third-order valence-corrected chi connectivity index (χ3v) is 2.26. The molecule has 0 N–H and O–H groups in total. The van der Waals surface area contributed by atoms with Crippen molar-refractivity contribution in [3.8, 4) is 17.1 Å². The molecule has 0 atom stereocenters. The average Bonchev–Trinajstić information content (AvgIpc) is 2.30. The molecule has 0 spiro atoms. The van der Waals surface area contributed by atoms with Gasteiger partial charge >= 0.3 is 0 Å². The van der Waals surface area contributed by atoms with Crippen LogP contribution in [0.2, 0.25) is 5.02 Å². The first-order valence-electron chi connectivity index (χ1n) is 4.52. The van der Waals surface area contributed by atoms with Crippen molar-refractivity contribution < 1.29 is 9.13 Å². The average molecular weight is 239 g/mol. The molecule has 0 aliphatic carbocycles. The molecular formula is C11H8ClFN2O. The fourth-order valence-electron chi connectivity index (χ4n) is 1.30. The first kappa shape index (κ1) is 10.8. The molecule has 0 amide bonds. The lowest BCUT2D eigenvalue weighted by Crippen LogP contribution is -1.93. The number of methoxy groups -OCH3 is 1. The molecule has 0 radical (unpaired) electrons. The Morgan fingerprint density at radius 2 is 1.94 bits per heavy atom. The smallest absolute Gasteiger partial charge is 0.163 e. The van der Waals surface area contributed by atoms with Gasteiger partial charge in [0, 0.05) is 5.02 Å². The van der Waals surface area contributed by atoms with E-state index in [1.807, 2.05) is 0 Å². The molecule has 0 fully saturated rings. The van der Waals surface area contributed by atoms with E-state index in [-0.39, 0.29) is 0 Å². The second-order valence-corrected chi connectivity index (χ2v) is 3.51. The van der Waals surface area contributed by atoms with Crippen molar-refractivity contribution in [2.45, 2.75) is 0 Å². The molecule has 0 bridgehead atoms. The molecule has 1 heterocycles. The molecule has 0 aliphatic heterocycles. The number of nitrogens with zero attached hydrogens (tertiary/aromatic N) is 2. The van der Waals surface area contributed by atoms with Crippen molar-refractivity contribution >= 4 is 11.6 Å². The summed E-state index contributed by atoms with van der Waals surface area (Å²) < 4.78 is 17.8. The lowest BCUT2D eigenvalue weighted by Gasteiger charge is -2.07. The highest BCUT2D eigenvalue weighted by Crippen LogP contribution is 2.29. The summed E-state index contributed by atoms with van der Waals surface area (Å²) in [5.41, 5.74) is 0.673. The summed E-state index contributed by atoms with van der Waals surface area (Å²) in [7, 11) is 1.53. The highest BCUT2D eigenvalue weighted by atomic mass is 35.5. The summed E-state index contributed by atoms with van der Waals surface area (Å²) in [4.78, 5) is 7.76. The quantitative estimate of drug-likeness (QED) is 0.807. The molecular weight excluding hydrogens is 231 g/mol. The summed E-state index contributed by atoms with van der Waals surface area (Å²) in [5, 5.41) is 0.558. The van der Waals surface area contributed by atoms with Gasteiger partial charge in [-0.05, 0) is 18.2 Å². The van der Waals surface area contributed by atoms with Crippen LogP contribution in [-0.2, 0) is 0 Å². The standard InChI is InChI=1S/C11H8ClFN2O/c1-16-10-4-7(12)2-3-9(10)11-14-5-8(13)6-15-11/h2-6H,1H3. The van der Waals surface area contributed by atoms with Crippen LogP contribution in [0.25, 0.3) is 11.4 Å². The van der Waals surface area contributed by atoms with Gasteiger partial charge in [-0.2, -0.15) is 0 Å². The minimum absolute atomic E-state index is 0.398. The van der Waals surface area contributed by atoms with Gasteiger partial charge in [-0.3, -0.25) is 0 Å². The molecule has 0 aliphatic rings. The number of rotatable bonds is 2. The van der Waals surface area contributed by atoms with Crippen molar-refractivity contribution in [1.29, 1.82) is 0 Å². The molecule has 0 saturated carbocycles. The number of aromatic nitrogens is 2. The maximum atomic E-state index is 12.7. The third-order valence-electron chi connectivity index (χ3n) is 2.02. The minimum atomic E-state index is -0.475. The van der Waals surface area contributed by atoms with E-state index in [2.05, 4.69) is 9.97 Å². The number of hydrogen-bond acceptors (Lipinski definition) is 3. The van der Waals surface area contributed by atoms with E-state index in [0.29, 0.717) is 22.2 Å². The van der Waals surface area contributed by atoms with Crippen molar-refractivity contribution in [2.75, 3.05) is 7.11 Å². The van der Waals surface area contributed by atoms with Gasteiger partial charge in [-0.25, -0.2) is 14.4 Å². The third kappa shape index (κ3) is 2.12. The first-order valence-corrected chi connectivity index (χ1v) is 4.90. The number of halogens is 2. The van der Waals surface area contributed by atoms with E-state index >= 15 is 0 Å². The van der Waals surface area contributed by atoms with E-state index in [4.69, 9.17) is 16.3 Å². The van der Waals surface area contributed by atoms with Gasteiger partial charge in [-0.15, -0.1) is 0 Å². The van der Waals surface area contributed by atoms with Crippen LogP contribution in [0.1, 0.15) is 0 Å². The maximum absolute atomic E-state index is 12.7. The summed E-state index contributed by atoms with van der Waals surface area (Å²) >= 11 is 5.83. The molecule has 0 unspecified atom stereocenters. The molecule has 1 aromatic heterocycles. The normalized spacial score (nSPS) is 10.2. The first-order chi connectivity index (χ1) is 7.70. The zero-order valence-electron chi connectivity index (χ0n) is 8.45. The molecule has 1 aromatic carbocycles. The summed E-state index contributed by atoms with van der Waals surface area (Å²) in [6.45, 7) is 0. The predicted octanol–water partition coefficient (Wildman–Crippen LogP) is 2.94. The Morgan fingerprint density at radius 3 is 2.56 bits per heavy atom. The zero-order valence-corrected chi connectivity index (χ0v) is 9.20. The van der Waals surface area contributed by atoms with Crippen LogP contribution in [0, 0.1) is 5.82 Å². The Bertz CT molecular complexity index is 502. The Morgan fingerprint density at radius 1 is 1.25 bits per heavy atom. The van der Waals surface area contributed by atoms with E-state index in [1.54, 1.807) is 18.2 Å². The van der Waals surface area contributed by atoms with Gasteiger partial charge in [-0.1, -0.05) is 11.6 Å². The number of ether oxygens (including phenoxy) is 1. The van der Waals surface area contributed by atoms with Crippen LogP contribution in [0.5, 0.6) is 5.75 Å². The minimum Gasteiger partial charge on any atom is -0.496 e. The highest BCUT2D eigenvalue weighted by molar-refractivity contribution is 6.30.